The normalized spacial score (nSPS) is 17.5. The standard InChI is InChI=1S/C17H15ClFNO/c1-11-10-13(4-7-15(11)18)17(21)20-9-8-16(20)12-2-5-14(19)6-3-12/h2-7,10,16H,8-9H2,1H3. The van der Waals surface area contributed by atoms with E-state index in [0.29, 0.717) is 10.6 Å². The molecule has 1 aliphatic rings. The summed E-state index contributed by atoms with van der Waals surface area (Å²) in [6, 6.07) is 11.7. The van der Waals surface area contributed by atoms with Gasteiger partial charge in [-0.15, -0.1) is 0 Å². The van der Waals surface area contributed by atoms with Crippen molar-refractivity contribution in [2.75, 3.05) is 6.54 Å². The van der Waals surface area contributed by atoms with Crippen molar-refractivity contribution in [2.45, 2.75) is 19.4 Å². The average molecular weight is 304 g/mol. The number of aryl methyl sites for hydroxylation is 1. The van der Waals surface area contributed by atoms with Gasteiger partial charge in [0.2, 0.25) is 0 Å². The molecular formula is C17H15ClFNO. The van der Waals surface area contributed by atoms with Crippen LogP contribution >= 0.6 is 11.6 Å². The van der Waals surface area contributed by atoms with Gasteiger partial charge in [0.1, 0.15) is 5.82 Å². The van der Waals surface area contributed by atoms with Gasteiger partial charge in [0.25, 0.3) is 5.91 Å². The second-order valence-electron chi connectivity index (χ2n) is 5.32. The van der Waals surface area contributed by atoms with Crippen molar-refractivity contribution in [1.29, 1.82) is 0 Å². The molecule has 2 aromatic rings. The summed E-state index contributed by atoms with van der Waals surface area (Å²) in [5, 5.41) is 0.658. The van der Waals surface area contributed by atoms with Gasteiger partial charge in [-0.1, -0.05) is 23.7 Å². The molecule has 1 amide bonds. The first-order chi connectivity index (χ1) is 10.1. The Bertz CT molecular complexity index is 684. The van der Waals surface area contributed by atoms with Gasteiger partial charge in [-0.3, -0.25) is 4.79 Å². The topological polar surface area (TPSA) is 20.3 Å². The van der Waals surface area contributed by atoms with Crippen LogP contribution in [0.2, 0.25) is 5.02 Å². The van der Waals surface area contributed by atoms with E-state index in [-0.39, 0.29) is 17.8 Å². The molecule has 1 saturated heterocycles. The van der Waals surface area contributed by atoms with Gasteiger partial charge in [0.05, 0.1) is 6.04 Å². The molecule has 108 valence electrons. The van der Waals surface area contributed by atoms with Crippen molar-refractivity contribution < 1.29 is 9.18 Å². The molecule has 0 aliphatic carbocycles. The fourth-order valence-electron chi connectivity index (χ4n) is 2.61. The minimum Gasteiger partial charge on any atom is -0.331 e. The van der Waals surface area contributed by atoms with Crippen molar-refractivity contribution in [3.05, 3.63) is 70.0 Å². The molecule has 1 heterocycles. The van der Waals surface area contributed by atoms with E-state index in [1.54, 1.807) is 24.3 Å². The molecular weight excluding hydrogens is 289 g/mol. The fraction of sp³-hybridized carbons (Fsp3) is 0.235. The lowest BCUT2D eigenvalue weighted by molar-refractivity contribution is 0.0460. The van der Waals surface area contributed by atoms with Crippen LogP contribution < -0.4 is 0 Å². The molecule has 2 aromatic carbocycles. The molecule has 1 atom stereocenters. The molecule has 21 heavy (non-hydrogen) atoms. The molecule has 4 heteroatoms. The second-order valence-corrected chi connectivity index (χ2v) is 5.73. The lowest BCUT2D eigenvalue weighted by Crippen LogP contribution is -2.45. The van der Waals surface area contributed by atoms with Crippen molar-refractivity contribution in [1.82, 2.24) is 4.90 Å². The largest absolute Gasteiger partial charge is 0.331 e. The van der Waals surface area contributed by atoms with Crippen molar-refractivity contribution in [3.8, 4) is 0 Å². The Balaban J connectivity index is 1.81. The molecule has 1 aliphatic heterocycles. The number of carbonyl (C=O) groups excluding carboxylic acids is 1. The molecule has 0 radical (unpaired) electrons. The Morgan fingerprint density at radius 3 is 2.52 bits per heavy atom. The zero-order valence-electron chi connectivity index (χ0n) is 11.6. The Morgan fingerprint density at radius 2 is 1.95 bits per heavy atom. The van der Waals surface area contributed by atoms with Crippen molar-refractivity contribution in [3.63, 3.8) is 0 Å². The van der Waals surface area contributed by atoms with E-state index < -0.39 is 0 Å². The summed E-state index contributed by atoms with van der Waals surface area (Å²) < 4.78 is 13.0. The maximum Gasteiger partial charge on any atom is 0.254 e. The van der Waals surface area contributed by atoms with E-state index in [0.717, 1.165) is 24.1 Å². The summed E-state index contributed by atoms with van der Waals surface area (Å²) in [6.07, 6.45) is 0.907. The summed E-state index contributed by atoms with van der Waals surface area (Å²) in [5.41, 5.74) is 2.51. The number of hydrogen-bond acceptors (Lipinski definition) is 1. The first-order valence-electron chi connectivity index (χ1n) is 6.89. The molecule has 0 spiro atoms. The Labute approximate surface area is 128 Å². The van der Waals surface area contributed by atoms with Crippen LogP contribution in [0.5, 0.6) is 0 Å². The molecule has 3 rings (SSSR count). The zero-order chi connectivity index (χ0) is 15.0. The number of rotatable bonds is 2. The lowest BCUT2D eigenvalue weighted by atomic mass is 9.93. The smallest absolute Gasteiger partial charge is 0.254 e. The third kappa shape index (κ3) is 2.66. The SMILES string of the molecule is Cc1cc(C(=O)N2CCC2c2ccc(F)cc2)ccc1Cl. The number of halogens is 2. The van der Waals surface area contributed by atoms with E-state index >= 15 is 0 Å². The summed E-state index contributed by atoms with van der Waals surface area (Å²) in [7, 11) is 0. The van der Waals surface area contributed by atoms with Crippen LogP contribution in [-0.4, -0.2) is 17.4 Å². The average Bonchev–Trinajstić information content (AvgIpc) is 2.43. The van der Waals surface area contributed by atoms with Gasteiger partial charge in [0.15, 0.2) is 0 Å². The maximum atomic E-state index is 13.0. The van der Waals surface area contributed by atoms with E-state index in [1.165, 1.54) is 12.1 Å². The lowest BCUT2D eigenvalue weighted by Gasteiger charge is -2.41. The number of carbonyl (C=O) groups is 1. The van der Waals surface area contributed by atoms with Crippen LogP contribution in [0.15, 0.2) is 42.5 Å². The summed E-state index contributed by atoms with van der Waals surface area (Å²) >= 11 is 5.99. The first kappa shape index (κ1) is 14.1. The molecule has 1 unspecified atom stereocenters. The summed E-state index contributed by atoms with van der Waals surface area (Å²) in [4.78, 5) is 14.4. The number of amides is 1. The van der Waals surface area contributed by atoms with E-state index in [9.17, 15) is 9.18 Å². The molecule has 0 N–H and O–H groups in total. The van der Waals surface area contributed by atoms with E-state index in [4.69, 9.17) is 11.6 Å². The number of benzene rings is 2. The van der Waals surface area contributed by atoms with Gasteiger partial charge in [-0.05, 0) is 54.8 Å². The van der Waals surface area contributed by atoms with Gasteiger partial charge >= 0.3 is 0 Å². The fourth-order valence-corrected chi connectivity index (χ4v) is 2.72. The monoisotopic (exact) mass is 303 g/mol. The second kappa shape index (κ2) is 5.49. The molecule has 0 saturated carbocycles. The number of hydrogen-bond donors (Lipinski definition) is 0. The minimum absolute atomic E-state index is 0.00431. The highest BCUT2D eigenvalue weighted by atomic mass is 35.5. The quantitative estimate of drug-likeness (QED) is 0.806. The highest BCUT2D eigenvalue weighted by Gasteiger charge is 2.33. The summed E-state index contributed by atoms with van der Waals surface area (Å²) in [6.45, 7) is 2.61. The van der Waals surface area contributed by atoms with Gasteiger partial charge in [0, 0.05) is 17.1 Å². The number of likely N-dealkylation sites (tertiary alicyclic amines) is 1. The third-order valence-corrected chi connectivity index (χ3v) is 4.36. The highest BCUT2D eigenvalue weighted by molar-refractivity contribution is 6.31. The van der Waals surface area contributed by atoms with Crippen LogP contribution in [0.25, 0.3) is 0 Å². The Kier molecular flexibility index (Phi) is 3.68. The van der Waals surface area contributed by atoms with Crippen LogP contribution in [0.3, 0.4) is 0 Å². The van der Waals surface area contributed by atoms with Crippen molar-refractivity contribution >= 4 is 17.5 Å². The van der Waals surface area contributed by atoms with Crippen LogP contribution in [-0.2, 0) is 0 Å². The molecule has 0 aromatic heterocycles. The van der Waals surface area contributed by atoms with Gasteiger partial charge in [-0.25, -0.2) is 4.39 Å². The van der Waals surface area contributed by atoms with Crippen molar-refractivity contribution in [2.24, 2.45) is 0 Å². The predicted octanol–water partition coefficient (Wildman–Crippen LogP) is 4.37. The zero-order valence-corrected chi connectivity index (χ0v) is 12.4. The van der Waals surface area contributed by atoms with Crippen LogP contribution in [0.1, 0.15) is 33.9 Å². The number of nitrogens with zero attached hydrogens (tertiary/aromatic N) is 1. The predicted molar refractivity (Wildman–Crippen MR) is 81.0 cm³/mol. The van der Waals surface area contributed by atoms with E-state index in [2.05, 4.69) is 0 Å². The van der Waals surface area contributed by atoms with Gasteiger partial charge < -0.3 is 4.90 Å². The summed E-state index contributed by atoms with van der Waals surface area (Å²) in [5.74, 6) is -0.264. The van der Waals surface area contributed by atoms with E-state index in [1.807, 2.05) is 17.9 Å². The minimum atomic E-state index is -0.260. The maximum absolute atomic E-state index is 13.0. The third-order valence-electron chi connectivity index (χ3n) is 3.94. The molecule has 1 fully saturated rings. The highest BCUT2D eigenvalue weighted by Crippen LogP contribution is 2.34. The Hall–Kier alpha value is -1.87. The molecule has 2 nitrogen and oxygen atoms in total. The van der Waals surface area contributed by atoms with Crippen LogP contribution in [0, 0.1) is 12.7 Å². The first-order valence-corrected chi connectivity index (χ1v) is 7.26. The Morgan fingerprint density at radius 1 is 1.24 bits per heavy atom. The molecule has 0 bridgehead atoms. The van der Waals surface area contributed by atoms with Gasteiger partial charge in [-0.2, -0.15) is 0 Å². The van der Waals surface area contributed by atoms with Crippen LogP contribution in [0.4, 0.5) is 4.39 Å².